The molecule has 22 heavy (non-hydrogen) atoms. The Kier molecular flexibility index (Phi) is 6.00. The maximum absolute atomic E-state index is 13.8. The normalized spacial score (nSPS) is 14.0. The van der Waals surface area contributed by atoms with E-state index in [0.29, 0.717) is 0 Å². The zero-order valence-corrected chi connectivity index (χ0v) is 13.3. The Balaban J connectivity index is 3.09. The maximum Gasteiger partial charge on any atom is 0.344 e. The van der Waals surface area contributed by atoms with E-state index in [4.69, 9.17) is 9.47 Å². The number of ether oxygens (including phenoxy) is 2. The van der Waals surface area contributed by atoms with Crippen molar-refractivity contribution in [2.24, 2.45) is 0 Å². The van der Waals surface area contributed by atoms with Gasteiger partial charge in [-0.3, -0.25) is 4.79 Å². The van der Waals surface area contributed by atoms with Gasteiger partial charge in [0.05, 0.1) is 11.7 Å². The average Bonchev–Trinajstić information content (AvgIpc) is 2.42. The van der Waals surface area contributed by atoms with E-state index in [1.165, 1.54) is 24.3 Å². The van der Waals surface area contributed by atoms with Gasteiger partial charge in [-0.25, -0.2) is 9.18 Å². The first-order chi connectivity index (χ1) is 10.2. The van der Waals surface area contributed by atoms with Crippen LogP contribution in [0.3, 0.4) is 0 Å². The minimum absolute atomic E-state index is 0.213. The fourth-order valence-electron chi connectivity index (χ4n) is 1.65. The highest BCUT2D eigenvalue weighted by atomic mass is 19.1. The predicted molar refractivity (Wildman–Crippen MR) is 81.1 cm³/mol. The van der Waals surface area contributed by atoms with E-state index in [0.717, 1.165) is 6.07 Å². The zero-order chi connectivity index (χ0) is 16.9. The van der Waals surface area contributed by atoms with Crippen molar-refractivity contribution in [2.75, 3.05) is 0 Å². The summed E-state index contributed by atoms with van der Waals surface area (Å²) in [6, 6.07) is 5.43. The topological polar surface area (TPSA) is 52.6 Å². The summed E-state index contributed by atoms with van der Waals surface area (Å²) in [6.07, 6.45) is -0.663. The molecule has 0 aliphatic rings. The molecule has 0 saturated heterocycles. The lowest BCUT2D eigenvalue weighted by atomic mass is 10.0. The SMILES string of the molecule is C=C[C@@H](C)O[C@@H](C(=O)OC(C)(C)C)C(=O)c1ccccc1F. The van der Waals surface area contributed by atoms with Crippen LogP contribution in [0.2, 0.25) is 0 Å². The summed E-state index contributed by atoms with van der Waals surface area (Å²) in [5.41, 5.74) is -0.999. The number of esters is 1. The lowest BCUT2D eigenvalue weighted by Gasteiger charge is -2.24. The van der Waals surface area contributed by atoms with Crippen molar-refractivity contribution >= 4 is 11.8 Å². The van der Waals surface area contributed by atoms with E-state index < -0.39 is 35.4 Å². The summed E-state index contributed by atoms with van der Waals surface area (Å²) >= 11 is 0. The highest BCUT2D eigenvalue weighted by Gasteiger charge is 2.34. The van der Waals surface area contributed by atoms with Crippen LogP contribution >= 0.6 is 0 Å². The Morgan fingerprint density at radius 3 is 2.36 bits per heavy atom. The number of carbonyl (C=O) groups excluding carboxylic acids is 2. The molecule has 120 valence electrons. The molecule has 0 aliphatic carbocycles. The number of rotatable bonds is 6. The monoisotopic (exact) mass is 308 g/mol. The molecule has 1 rings (SSSR count). The molecule has 2 atom stereocenters. The lowest BCUT2D eigenvalue weighted by molar-refractivity contribution is -0.166. The number of hydrogen-bond donors (Lipinski definition) is 0. The highest BCUT2D eigenvalue weighted by molar-refractivity contribution is 6.11. The molecule has 1 aromatic rings. The molecule has 5 heteroatoms. The second-order valence-corrected chi connectivity index (χ2v) is 5.83. The van der Waals surface area contributed by atoms with Gasteiger partial charge in [0.2, 0.25) is 11.9 Å². The molecule has 0 saturated carbocycles. The van der Waals surface area contributed by atoms with Crippen LogP contribution < -0.4 is 0 Å². The van der Waals surface area contributed by atoms with Crippen molar-refractivity contribution < 1.29 is 23.5 Å². The third-order valence-electron chi connectivity index (χ3n) is 2.68. The summed E-state index contributed by atoms with van der Waals surface area (Å²) in [6.45, 7) is 10.2. The second kappa shape index (κ2) is 7.31. The van der Waals surface area contributed by atoms with Gasteiger partial charge in [-0.2, -0.15) is 0 Å². The van der Waals surface area contributed by atoms with Gasteiger partial charge in [-0.05, 0) is 39.8 Å². The van der Waals surface area contributed by atoms with Crippen molar-refractivity contribution in [3.8, 4) is 0 Å². The molecule has 0 radical (unpaired) electrons. The third kappa shape index (κ3) is 5.07. The Bertz CT molecular complexity index is 560. The van der Waals surface area contributed by atoms with E-state index in [-0.39, 0.29) is 5.56 Å². The molecule has 0 heterocycles. The number of carbonyl (C=O) groups is 2. The Morgan fingerprint density at radius 1 is 1.27 bits per heavy atom. The number of hydrogen-bond acceptors (Lipinski definition) is 4. The summed E-state index contributed by atoms with van der Waals surface area (Å²) < 4.78 is 24.3. The van der Waals surface area contributed by atoms with Crippen molar-refractivity contribution in [2.45, 2.75) is 45.5 Å². The van der Waals surface area contributed by atoms with E-state index >= 15 is 0 Å². The quantitative estimate of drug-likeness (QED) is 0.350. The Morgan fingerprint density at radius 2 is 1.86 bits per heavy atom. The second-order valence-electron chi connectivity index (χ2n) is 5.83. The van der Waals surface area contributed by atoms with Gasteiger partial charge in [-0.1, -0.05) is 18.2 Å². The third-order valence-corrected chi connectivity index (χ3v) is 2.68. The van der Waals surface area contributed by atoms with Crippen LogP contribution in [0.4, 0.5) is 4.39 Å². The number of benzene rings is 1. The standard InChI is InChI=1S/C17H21FO4/c1-6-11(2)21-15(16(20)22-17(3,4)5)14(19)12-9-7-8-10-13(12)18/h6-11,15H,1H2,2-5H3/t11-,15-/m1/s1. The minimum Gasteiger partial charge on any atom is -0.458 e. The fraction of sp³-hybridized carbons (Fsp3) is 0.412. The molecule has 0 N–H and O–H groups in total. The first-order valence-electron chi connectivity index (χ1n) is 6.95. The van der Waals surface area contributed by atoms with Gasteiger partial charge >= 0.3 is 5.97 Å². The number of ketones is 1. The molecule has 0 bridgehead atoms. The van der Waals surface area contributed by atoms with Crippen LogP contribution in [-0.2, 0) is 14.3 Å². The lowest BCUT2D eigenvalue weighted by Crippen LogP contribution is -2.40. The molecule has 4 nitrogen and oxygen atoms in total. The van der Waals surface area contributed by atoms with Crippen LogP contribution in [-0.4, -0.2) is 29.6 Å². The van der Waals surface area contributed by atoms with Crippen LogP contribution in [0.25, 0.3) is 0 Å². The van der Waals surface area contributed by atoms with Gasteiger partial charge in [0.15, 0.2) is 0 Å². The molecule has 0 spiro atoms. The summed E-state index contributed by atoms with van der Waals surface area (Å²) in [5.74, 6) is -2.34. The maximum atomic E-state index is 13.8. The molecule has 0 amide bonds. The largest absolute Gasteiger partial charge is 0.458 e. The highest BCUT2D eigenvalue weighted by Crippen LogP contribution is 2.17. The first kappa shape index (κ1) is 18.0. The van der Waals surface area contributed by atoms with Crippen LogP contribution in [0, 0.1) is 5.82 Å². The molecule has 0 fully saturated rings. The van der Waals surface area contributed by atoms with E-state index in [1.54, 1.807) is 27.7 Å². The van der Waals surface area contributed by atoms with Gasteiger partial charge in [0.25, 0.3) is 0 Å². The van der Waals surface area contributed by atoms with Gasteiger partial charge in [0.1, 0.15) is 11.4 Å². The number of Topliss-reactive ketones (excluding diaryl/α,β-unsaturated/α-hetero) is 1. The Hall–Kier alpha value is -2.01. The molecule has 0 aliphatic heterocycles. The molecular formula is C17H21FO4. The number of halogens is 1. The Labute approximate surface area is 129 Å². The van der Waals surface area contributed by atoms with E-state index in [9.17, 15) is 14.0 Å². The van der Waals surface area contributed by atoms with Gasteiger partial charge in [0, 0.05) is 0 Å². The summed E-state index contributed by atoms with van der Waals surface area (Å²) in [7, 11) is 0. The minimum atomic E-state index is -1.54. The molecular weight excluding hydrogens is 287 g/mol. The average molecular weight is 308 g/mol. The zero-order valence-electron chi connectivity index (χ0n) is 13.3. The molecule has 0 unspecified atom stereocenters. The van der Waals surface area contributed by atoms with Crippen molar-refractivity contribution in [3.63, 3.8) is 0 Å². The van der Waals surface area contributed by atoms with Crippen LogP contribution in [0.15, 0.2) is 36.9 Å². The van der Waals surface area contributed by atoms with Gasteiger partial charge < -0.3 is 9.47 Å². The van der Waals surface area contributed by atoms with E-state index in [2.05, 4.69) is 6.58 Å². The predicted octanol–water partition coefficient (Wildman–Crippen LogP) is 3.31. The van der Waals surface area contributed by atoms with Crippen molar-refractivity contribution in [3.05, 3.63) is 48.3 Å². The van der Waals surface area contributed by atoms with E-state index in [1.807, 2.05) is 0 Å². The molecule has 0 aromatic heterocycles. The van der Waals surface area contributed by atoms with Crippen LogP contribution in [0.5, 0.6) is 0 Å². The fourth-order valence-corrected chi connectivity index (χ4v) is 1.65. The smallest absolute Gasteiger partial charge is 0.344 e. The van der Waals surface area contributed by atoms with Crippen LogP contribution in [0.1, 0.15) is 38.1 Å². The van der Waals surface area contributed by atoms with Gasteiger partial charge in [-0.15, -0.1) is 6.58 Å². The van der Waals surface area contributed by atoms with Crippen molar-refractivity contribution in [1.82, 2.24) is 0 Å². The summed E-state index contributed by atoms with van der Waals surface area (Å²) in [4.78, 5) is 24.7. The summed E-state index contributed by atoms with van der Waals surface area (Å²) in [5, 5.41) is 0. The molecule has 1 aromatic carbocycles. The first-order valence-corrected chi connectivity index (χ1v) is 6.95. The van der Waals surface area contributed by atoms with Crippen molar-refractivity contribution in [1.29, 1.82) is 0 Å².